The summed E-state index contributed by atoms with van der Waals surface area (Å²) in [6.45, 7) is 0.501. The molecule has 1 rings (SSSR count). The van der Waals surface area contributed by atoms with Gasteiger partial charge in [0.25, 0.3) is 0 Å². The van der Waals surface area contributed by atoms with Crippen molar-refractivity contribution >= 4 is 29.7 Å². The van der Waals surface area contributed by atoms with Crippen LogP contribution in [0.1, 0.15) is 25.7 Å². The predicted octanol–water partition coefficient (Wildman–Crippen LogP) is 0.588. The number of rotatable bonds is 6. The molecular formula is C12H20N2O5S. The lowest BCUT2D eigenvalue weighted by Gasteiger charge is -2.22. The molecule has 8 heteroatoms. The fourth-order valence-corrected chi connectivity index (χ4v) is 3.07. The quantitative estimate of drug-likeness (QED) is 0.620. The van der Waals surface area contributed by atoms with Gasteiger partial charge in [0.15, 0.2) is 0 Å². The Morgan fingerprint density at radius 2 is 2.15 bits per heavy atom. The molecule has 0 spiro atoms. The summed E-state index contributed by atoms with van der Waals surface area (Å²) < 4.78 is 4.39. The van der Waals surface area contributed by atoms with Gasteiger partial charge in [0.1, 0.15) is 6.04 Å². The average molecular weight is 304 g/mol. The highest BCUT2D eigenvalue weighted by atomic mass is 32.2. The van der Waals surface area contributed by atoms with Crippen LogP contribution in [-0.2, 0) is 14.3 Å². The van der Waals surface area contributed by atoms with Crippen molar-refractivity contribution < 1.29 is 24.2 Å². The molecule has 1 saturated heterocycles. The maximum atomic E-state index is 11.6. The Morgan fingerprint density at radius 1 is 1.40 bits per heavy atom. The van der Waals surface area contributed by atoms with Gasteiger partial charge in [0.05, 0.1) is 13.5 Å². The number of urea groups is 1. The normalized spacial score (nSPS) is 19.8. The molecule has 2 atom stereocenters. The number of nitrogens with one attached hydrogen (secondary N) is 2. The first kappa shape index (κ1) is 16.6. The third kappa shape index (κ3) is 6.14. The van der Waals surface area contributed by atoms with Crippen molar-refractivity contribution in [2.45, 2.75) is 37.0 Å². The van der Waals surface area contributed by atoms with E-state index >= 15 is 0 Å². The Kier molecular flexibility index (Phi) is 7.21. The Bertz CT molecular complexity index is 358. The number of esters is 1. The molecule has 0 aliphatic carbocycles. The summed E-state index contributed by atoms with van der Waals surface area (Å²) in [6, 6.07) is -1.85. The molecule has 0 bridgehead atoms. The van der Waals surface area contributed by atoms with Crippen LogP contribution in [0.5, 0.6) is 0 Å². The van der Waals surface area contributed by atoms with Gasteiger partial charge in [-0.3, -0.25) is 4.79 Å². The molecule has 1 aliphatic heterocycles. The predicted molar refractivity (Wildman–Crippen MR) is 74.7 cm³/mol. The Labute approximate surface area is 121 Å². The Balaban J connectivity index is 2.33. The monoisotopic (exact) mass is 304 g/mol. The molecule has 0 aromatic carbocycles. The number of carbonyl (C=O) groups excluding carboxylic acids is 2. The van der Waals surface area contributed by atoms with Gasteiger partial charge in [-0.25, -0.2) is 9.59 Å². The summed E-state index contributed by atoms with van der Waals surface area (Å²) in [5, 5.41) is 14.2. The highest BCUT2D eigenvalue weighted by Crippen LogP contribution is 2.24. The van der Waals surface area contributed by atoms with Crippen molar-refractivity contribution in [1.29, 1.82) is 0 Å². The van der Waals surface area contributed by atoms with E-state index in [0.717, 1.165) is 18.6 Å². The van der Waals surface area contributed by atoms with Crippen molar-refractivity contribution in [3.8, 4) is 0 Å². The van der Waals surface area contributed by atoms with Crippen molar-refractivity contribution in [2.24, 2.45) is 0 Å². The Morgan fingerprint density at radius 3 is 2.70 bits per heavy atom. The number of ether oxygens (including phenoxy) is 1. The summed E-state index contributed by atoms with van der Waals surface area (Å²) in [7, 11) is 1.17. The number of hydrogen-bond acceptors (Lipinski definition) is 5. The Hall–Kier alpha value is -1.44. The number of carboxylic acids is 1. The van der Waals surface area contributed by atoms with Crippen LogP contribution >= 0.6 is 11.8 Å². The number of hydrogen-bond donors (Lipinski definition) is 3. The second kappa shape index (κ2) is 8.68. The van der Waals surface area contributed by atoms with E-state index in [0.29, 0.717) is 11.8 Å². The topological polar surface area (TPSA) is 105 Å². The first-order chi connectivity index (χ1) is 9.52. The van der Waals surface area contributed by atoms with Crippen LogP contribution < -0.4 is 10.6 Å². The lowest BCUT2D eigenvalue weighted by Crippen LogP contribution is -2.48. The highest BCUT2D eigenvalue weighted by molar-refractivity contribution is 7.99. The zero-order valence-corrected chi connectivity index (χ0v) is 12.2. The van der Waals surface area contributed by atoms with Crippen LogP contribution in [-0.4, -0.2) is 53.8 Å². The summed E-state index contributed by atoms with van der Waals surface area (Å²) in [5.74, 6) is -0.855. The molecule has 2 amide bonds. The summed E-state index contributed by atoms with van der Waals surface area (Å²) >= 11 is 1.81. The molecule has 0 aromatic rings. The highest BCUT2D eigenvalue weighted by Gasteiger charge is 2.24. The minimum Gasteiger partial charge on any atom is -0.480 e. The van der Waals surface area contributed by atoms with Crippen molar-refractivity contribution in [1.82, 2.24) is 10.6 Å². The van der Waals surface area contributed by atoms with Crippen LogP contribution in [0, 0.1) is 0 Å². The maximum Gasteiger partial charge on any atom is 0.326 e. The molecule has 1 fully saturated rings. The van der Waals surface area contributed by atoms with Crippen LogP contribution in [0.15, 0.2) is 0 Å². The summed E-state index contributed by atoms with van der Waals surface area (Å²) in [5.41, 5.74) is 0. The first-order valence-corrected chi connectivity index (χ1v) is 7.53. The fraction of sp³-hybridized carbons (Fsp3) is 0.750. The largest absolute Gasteiger partial charge is 0.480 e. The lowest BCUT2D eigenvalue weighted by molar-refractivity contribution is -0.147. The molecule has 1 heterocycles. The van der Waals surface area contributed by atoms with Crippen molar-refractivity contribution in [3.05, 3.63) is 0 Å². The van der Waals surface area contributed by atoms with Gasteiger partial charge >= 0.3 is 18.0 Å². The second-order valence-corrected chi connectivity index (χ2v) is 5.92. The summed E-state index contributed by atoms with van der Waals surface area (Å²) in [6.07, 6.45) is 3.02. The molecular weight excluding hydrogens is 284 g/mol. The molecule has 1 aliphatic rings. The van der Waals surface area contributed by atoms with Crippen molar-refractivity contribution in [2.75, 3.05) is 19.4 Å². The molecule has 0 aromatic heterocycles. The van der Waals surface area contributed by atoms with E-state index in [1.54, 1.807) is 0 Å². The third-order valence-electron chi connectivity index (χ3n) is 2.97. The molecule has 1 unspecified atom stereocenters. The van der Waals surface area contributed by atoms with E-state index in [-0.39, 0.29) is 0 Å². The summed E-state index contributed by atoms with van der Waals surface area (Å²) in [4.78, 5) is 33.6. The maximum absolute atomic E-state index is 11.6. The van der Waals surface area contributed by atoms with E-state index in [4.69, 9.17) is 5.11 Å². The van der Waals surface area contributed by atoms with E-state index in [9.17, 15) is 14.4 Å². The van der Waals surface area contributed by atoms with Crippen LogP contribution in [0.2, 0.25) is 0 Å². The van der Waals surface area contributed by atoms with Crippen LogP contribution in [0.4, 0.5) is 4.79 Å². The first-order valence-electron chi connectivity index (χ1n) is 6.48. The van der Waals surface area contributed by atoms with Gasteiger partial charge < -0.3 is 20.5 Å². The number of thioether (sulfide) groups is 1. The van der Waals surface area contributed by atoms with E-state index in [1.807, 2.05) is 11.8 Å². The number of amides is 2. The van der Waals surface area contributed by atoms with E-state index in [2.05, 4.69) is 15.4 Å². The van der Waals surface area contributed by atoms with Gasteiger partial charge in [-0.1, -0.05) is 6.42 Å². The lowest BCUT2D eigenvalue weighted by atomic mass is 10.2. The second-order valence-electron chi connectivity index (χ2n) is 4.51. The minimum atomic E-state index is -1.28. The molecule has 0 radical (unpaired) electrons. The van der Waals surface area contributed by atoms with Crippen molar-refractivity contribution in [3.63, 3.8) is 0 Å². The zero-order chi connectivity index (χ0) is 15.0. The van der Waals surface area contributed by atoms with Gasteiger partial charge in [-0.05, 0) is 18.6 Å². The molecule has 3 N–H and O–H groups in total. The van der Waals surface area contributed by atoms with Crippen LogP contribution in [0.25, 0.3) is 0 Å². The number of carbonyl (C=O) groups is 3. The third-order valence-corrected chi connectivity index (χ3v) is 4.36. The zero-order valence-electron chi connectivity index (χ0n) is 11.4. The van der Waals surface area contributed by atoms with Gasteiger partial charge in [-0.2, -0.15) is 11.8 Å². The van der Waals surface area contributed by atoms with Gasteiger partial charge in [0.2, 0.25) is 0 Å². The number of carboxylic acid groups (broad SMARTS) is 1. The molecule has 114 valence electrons. The van der Waals surface area contributed by atoms with Gasteiger partial charge in [0, 0.05) is 11.8 Å². The molecule has 20 heavy (non-hydrogen) atoms. The standard InChI is InChI=1S/C12H20N2O5S/c1-19-10(15)6-9(11(16)17)14-12(18)13-7-8-4-2-3-5-20-8/h8-9H,2-7H2,1H3,(H,16,17)(H2,13,14,18)/t8?,9-/m0/s1. The SMILES string of the molecule is COC(=O)C[C@H](NC(=O)NCC1CCCCS1)C(=O)O. The molecule has 0 saturated carbocycles. The minimum absolute atomic E-state index is 0.374. The van der Waals surface area contributed by atoms with Gasteiger partial charge in [-0.15, -0.1) is 0 Å². The fourth-order valence-electron chi connectivity index (χ4n) is 1.83. The smallest absolute Gasteiger partial charge is 0.326 e. The average Bonchev–Trinajstić information content (AvgIpc) is 2.45. The number of methoxy groups -OCH3 is 1. The molecule has 7 nitrogen and oxygen atoms in total. The van der Waals surface area contributed by atoms with E-state index in [1.165, 1.54) is 13.5 Å². The van der Waals surface area contributed by atoms with E-state index < -0.39 is 30.4 Å². The number of aliphatic carboxylic acids is 1. The van der Waals surface area contributed by atoms with Crippen LogP contribution in [0.3, 0.4) is 0 Å².